The van der Waals surface area contributed by atoms with Crippen LogP contribution in [0.5, 0.6) is 0 Å². The van der Waals surface area contributed by atoms with Gasteiger partial charge >= 0.3 is 5.97 Å². The van der Waals surface area contributed by atoms with Crippen molar-refractivity contribution in [3.63, 3.8) is 0 Å². The lowest BCUT2D eigenvalue weighted by atomic mass is 10.1. The van der Waals surface area contributed by atoms with E-state index in [9.17, 15) is 29.1 Å². The lowest BCUT2D eigenvalue weighted by molar-refractivity contribution is -0.149. The molecule has 4 atom stereocenters. The topological polar surface area (TPSA) is 270 Å². The van der Waals surface area contributed by atoms with E-state index in [4.69, 9.17) is 28.0 Å². The van der Waals surface area contributed by atoms with Crippen LogP contribution in [0.2, 0.25) is 0 Å². The number of aliphatic imine (C=N–C) groups is 1. The molecule has 0 spiro atoms. The molecule has 0 aliphatic carbocycles. The summed E-state index contributed by atoms with van der Waals surface area (Å²) in [5, 5.41) is 23.3. The normalized spacial score (nSPS) is 17.8. The molecule has 1 aliphatic rings. The fraction of sp³-hybridized carbons (Fsp3) is 0.684. The lowest BCUT2D eigenvalue weighted by Crippen LogP contribution is -2.57. The standard InChI is InChI=1S/C19H34N8O7/c20-10(9-28)15(30)25-11(5-6-14(21)29)16(31)26-12(3-1-7-24-19(22)23)17(32)27-8-2-4-13(27)18(33)34/h10-13,28H,1-9,20H2,(H2,21,29)(H,25,30)(H,26,31)(H,33,34)(H4,22,23,24). The van der Waals surface area contributed by atoms with Gasteiger partial charge in [0, 0.05) is 19.5 Å². The smallest absolute Gasteiger partial charge is 0.326 e. The summed E-state index contributed by atoms with van der Waals surface area (Å²) in [4.78, 5) is 65.9. The van der Waals surface area contributed by atoms with Gasteiger partial charge in [-0.3, -0.25) is 24.2 Å². The van der Waals surface area contributed by atoms with Gasteiger partial charge in [0.2, 0.25) is 23.6 Å². The number of nitrogens with one attached hydrogen (secondary N) is 2. The Morgan fingerprint density at radius 3 is 2.24 bits per heavy atom. The summed E-state index contributed by atoms with van der Waals surface area (Å²) in [7, 11) is 0. The number of aliphatic hydroxyl groups is 1. The summed E-state index contributed by atoms with van der Waals surface area (Å²) in [5.41, 5.74) is 21.2. The predicted octanol–water partition coefficient (Wildman–Crippen LogP) is -4.33. The van der Waals surface area contributed by atoms with Crippen LogP contribution in [-0.2, 0) is 24.0 Å². The van der Waals surface area contributed by atoms with E-state index in [1.807, 2.05) is 0 Å². The van der Waals surface area contributed by atoms with E-state index in [1.54, 1.807) is 0 Å². The van der Waals surface area contributed by atoms with Crippen LogP contribution < -0.4 is 33.6 Å². The van der Waals surface area contributed by atoms with Gasteiger partial charge in [-0.2, -0.15) is 0 Å². The number of hydrogen-bond acceptors (Lipinski definition) is 8. The fourth-order valence-electron chi connectivity index (χ4n) is 3.44. The van der Waals surface area contributed by atoms with Gasteiger partial charge < -0.3 is 48.7 Å². The molecule has 1 aliphatic heterocycles. The highest BCUT2D eigenvalue weighted by Gasteiger charge is 2.38. The minimum atomic E-state index is -1.30. The molecule has 1 fully saturated rings. The average Bonchev–Trinajstić information content (AvgIpc) is 3.27. The number of rotatable bonds is 14. The summed E-state index contributed by atoms with van der Waals surface area (Å²) in [5.74, 6) is -4.26. The molecule has 4 amide bonds. The SMILES string of the molecule is NC(=O)CCC(NC(=O)C(N)CO)C(=O)NC(CCCN=C(N)N)C(=O)N1CCCC1C(=O)O. The van der Waals surface area contributed by atoms with E-state index in [0.29, 0.717) is 6.42 Å². The zero-order valence-corrected chi connectivity index (χ0v) is 18.8. The van der Waals surface area contributed by atoms with Crippen molar-refractivity contribution in [2.75, 3.05) is 19.7 Å². The monoisotopic (exact) mass is 486 g/mol. The maximum Gasteiger partial charge on any atom is 0.326 e. The molecule has 0 bridgehead atoms. The van der Waals surface area contributed by atoms with Gasteiger partial charge in [-0.15, -0.1) is 0 Å². The van der Waals surface area contributed by atoms with E-state index in [-0.39, 0.29) is 51.2 Å². The van der Waals surface area contributed by atoms with E-state index in [0.717, 1.165) is 0 Å². The Morgan fingerprint density at radius 1 is 1.03 bits per heavy atom. The largest absolute Gasteiger partial charge is 0.480 e. The number of amides is 4. The lowest BCUT2D eigenvalue weighted by Gasteiger charge is -2.29. The minimum absolute atomic E-state index is 0.0802. The molecule has 0 aromatic carbocycles. The Labute approximate surface area is 196 Å². The minimum Gasteiger partial charge on any atom is -0.480 e. The van der Waals surface area contributed by atoms with Crippen molar-refractivity contribution >= 4 is 35.6 Å². The van der Waals surface area contributed by atoms with Crippen LogP contribution in [0.1, 0.15) is 38.5 Å². The zero-order chi connectivity index (χ0) is 25.8. The van der Waals surface area contributed by atoms with Crippen LogP contribution in [-0.4, -0.2) is 94.5 Å². The summed E-state index contributed by atoms with van der Waals surface area (Å²) in [6.45, 7) is -0.297. The second-order valence-electron chi connectivity index (χ2n) is 7.89. The molecular formula is C19H34N8O7. The Bertz CT molecular complexity index is 787. The van der Waals surface area contributed by atoms with Gasteiger partial charge in [-0.1, -0.05) is 0 Å². The first-order valence-corrected chi connectivity index (χ1v) is 10.8. The van der Waals surface area contributed by atoms with Crippen LogP contribution in [0, 0.1) is 0 Å². The molecule has 12 N–H and O–H groups in total. The van der Waals surface area contributed by atoms with Crippen molar-refractivity contribution in [2.24, 2.45) is 27.9 Å². The number of carbonyl (C=O) groups excluding carboxylic acids is 4. The molecule has 34 heavy (non-hydrogen) atoms. The zero-order valence-electron chi connectivity index (χ0n) is 18.8. The Morgan fingerprint density at radius 2 is 1.68 bits per heavy atom. The summed E-state index contributed by atoms with van der Waals surface area (Å²) in [6, 6.07) is -4.74. The van der Waals surface area contributed by atoms with Crippen molar-refractivity contribution in [2.45, 2.75) is 62.7 Å². The number of nitrogens with two attached hydrogens (primary N) is 4. The third-order valence-corrected chi connectivity index (χ3v) is 5.23. The van der Waals surface area contributed by atoms with Crippen molar-refractivity contribution in [3.8, 4) is 0 Å². The third-order valence-electron chi connectivity index (χ3n) is 5.23. The maximum atomic E-state index is 13.1. The van der Waals surface area contributed by atoms with Crippen LogP contribution in [0.3, 0.4) is 0 Å². The van der Waals surface area contributed by atoms with Crippen molar-refractivity contribution in [1.82, 2.24) is 15.5 Å². The number of carbonyl (C=O) groups is 5. The molecule has 15 heteroatoms. The van der Waals surface area contributed by atoms with E-state index in [2.05, 4.69) is 15.6 Å². The molecule has 0 aromatic rings. The van der Waals surface area contributed by atoms with E-state index in [1.165, 1.54) is 4.90 Å². The number of likely N-dealkylation sites (tertiary alicyclic amines) is 1. The van der Waals surface area contributed by atoms with Crippen molar-refractivity contribution < 1.29 is 34.2 Å². The number of aliphatic carboxylic acids is 1. The molecule has 0 saturated carbocycles. The first-order chi connectivity index (χ1) is 16.0. The van der Waals surface area contributed by atoms with E-state index < -0.39 is 60.4 Å². The van der Waals surface area contributed by atoms with Crippen LogP contribution in [0.4, 0.5) is 0 Å². The summed E-state index contributed by atoms with van der Waals surface area (Å²) in [6.07, 6.45) is 0.717. The highest BCUT2D eigenvalue weighted by molar-refractivity contribution is 5.94. The summed E-state index contributed by atoms with van der Waals surface area (Å²) < 4.78 is 0. The fourth-order valence-corrected chi connectivity index (χ4v) is 3.44. The quantitative estimate of drug-likeness (QED) is 0.0664. The molecule has 4 unspecified atom stereocenters. The van der Waals surface area contributed by atoms with Gasteiger partial charge in [0.15, 0.2) is 5.96 Å². The van der Waals surface area contributed by atoms with Gasteiger partial charge in [0.25, 0.3) is 0 Å². The van der Waals surface area contributed by atoms with Crippen molar-refractivity contribution in [1.29, 1.82) is 0 Å². The average molecular weight is 487 g/mol. The Kier molecular flexibility index (Phi) is 11.7. The van der Waals surface area contributed by atoms with Crippen LogP contribution >= 0.6 is 0 Å². The van der Waals surface area contributed by atoms with Gasteiger partial charge in [0.05, 0.1) is 6.61 Å². The second kappa shape index (κ2) is 13.9. The van der Waals surface area contributed by atoms with Crippen molar-refractivity contribution in [3.05, 3.63) is 0 Å². The number of guanidine groups is 1. The molecule has 1 heterocycles. The second-order valence-corrected chi connectivity index (χ2v) is 7.89. The number of nitrogens with zero attached hydrogens (tertiary/aromatic N) is 2. The van der Waals surface area contributed by atoms with E-state index >= 15 is 0 Å². The Balaban J connectivity index is 3.04. The van der Waals surface area contributed by atoms with Gasteiger partial charge in [0.1, 0.15) is 24.2 Å². The molecule has 15 nitrogen and oxygen atoms in total. The molecule has 192 valence electrons. The molecular weight excluding hydrogens is 452 g/mol. The number of aliphatic hydroxyl groups excluding tert-OH is 1. The number of hydrogen-bond donors (Lipinski definition) is 8. The Hall–Kier alpha value is -3.46. The third kappa shape index (κ3) is 9.19. The molecule has 1 rings (SSSR count). The highest BCUT2D eigenvalue weighted by Crippen LogP contribution is 2.20. The maximum absolute atomic E-state index is 13.1. The van der Waals surface area contributed by atoms with Gasteiger partial charge in [-0.25, -0.2) is 4.79 Å². The highest BCUT2D eigenvalue weighted by atomic mass is 16.4. The van der Waals surface area contributed by atoms with Gasteiger partial charge in [-0.05, 0) is 32.1 Å². The summed E-state index contributed by atoms with van der Waals surface area (Å²) >= 11 is 0. The molecule has 1 saturated heterocycles. The molecule has 0 aromatic heterocycles. The number of primary amides is 1. The predicted molar refractivity (Wildman–Crippen MR) is 120 cm³/mol. The van der Waals surface area contributed by atoms with Crippen LogP contribution in [0.25, 0.3) is 0 Å². The first kappa shape index (κ1) is 28.6. The van der Waals surface area contributed by atoms with Crippen LogP contribution in [0.15, 0.2) is 4.99 Å². The number of carboxylic acid groups (broad SMARTS) is 1. The molecule has 0 radical (unpaired) electrons. The first-order valence-electron chi connectivity index (χ1n) is 10.8. The number of carboxylic acids is 1.